The largest absolute Gasteiger partial charge is 0.508 e. The second-order valence-corrected chi connectivity index (χ2v) is 5.35. The third kappa shape index (κ3) is 5.19. The van der Waals surface area contributed by atoms with Crippen LogP contribution in [-0.2, 0) is 11.2 Å². The molecule has 2 rings (SSSR count). The second kappa shape index (κ2) is 8.82. The molecule has 0 aliphatic heterocycles. The van der Waals surface area contributed by atoms with Crippen LogP contribution >= 0.6 is 0 Å². The molecule has 0 saturated carbocycles. The Hall–Kier alpha value is -2.69. The van der Waals surface area contributed by atoms with Gasteiger partial charge in [-0.15, -0.1) is 0 Å². The number of carbonyl (C=O) groups excluding carboxylic acids is 1. The van der Waals surface area contributed by atoms with E-state index in [1.54, 1.807) is 30.2 Å². The molecule has 0 aliphatic carbocycles. The Morgan fingerprint density at radius 3 is 2.58 bits per heavy atom. The molecule has 0 radical (unpaired) electrons. The number of ether oxygens (including phenoxy) is 2. The lowest BCUT2D eigenvalue weighted by Gasteiger charge is -2.21. The third-order valence-electron chi connectivity index (χ3n) is 3.67. The van der Waals surface area contributed by atoms with E-state index >= 15 is 0 Å². The number of phenolic OH excluding ortho intramolecular Hbond substituents is 1. The fraction of sp³-hybridized carbons (Fsp3) is 0.316. The van der Waals surface area contributed by atoms with Gasteiger partial charge in [0, 0.05) is 12.6 Å². The summed E-state index contributed by atoms with van der Waals surface area (Å²) >= 11 is 0. The first-order valence-electron chi connectivity index (χ1n) is 7.95. The molecule has 0 atom stereocenters. The zero-order valence-electron chi connectivity index (χ0n) is 14.1. The fourth-order valence-electron chi connectivity index (χ4n) is 2.38. The number of hydrogen-bond donors (Lipinski definition) is 1. The van der Waals surface area contributed by atoms with E-state index in [4.69, 9.17) is 9.47 Å². The summed E-state index contributed by atoms with van der Waals surface area (Å²) in [6.45, 7) is 3.46. The minimum Gasteiger partial charge on any atom is -0.508 e. The van der Waals surface area contributed by atoms with Gasteiger partial charge in [0.05, 0.1) is 20.1 Å². The van der Waals surface area contributed by atoms with E-state index in [9.17, 15) is 9.90 Å². The number of rotatable bonds is 8. The van der Waals surface area contributed by atoms with E-state index in [0.717, 1.165) is 11.3 Å². The van der Waals surface area contributed by atoms with Crippen molar-refractivity contribution in [3.05, 3.63) is 54.1 Å². The number of nitrogens with zero attached hydrogens (tertiary/aromatic N) is 1. The lowest BCUT2D eigenvalue weighted by molar-refractivity contribution is -0.130. The van der Waals surface area contributed by atoms with Crippen LogP contribution in [0, 0.1) is 0 Å². The van der Waals surface area contributed by atoms with E-state index in [2.05, 4.69) is 0 Å². The predicted molar refractivity (Wildman–Crippen MR) is 92.6 cm³/mol. The Morgan fingerprint density at radius 1 is 1.12 bits per heavy atom. The highest BCUT2D eigenvalue weighted by atomic mass is 16.5. The quantitative estimate of drug-likeness (QED) is 0.809. The van der Waals surface area contributed by atoms with E-state index in [-0.39, 0.29) is 18.1 Å². The molecule has 0 bridgehead atoms. The molecule has 0 unspecified atom stereocenters. The van der Waals surface area contributed by atoms with Crippen LogP contribution in [0.1, 0.15) is 12.5 Å². The molecule has 0 saturated heterocycles. The summed E-state index contributed by atoms with van der Waals surface area (Å²) in [5, 5.41) is 9.48. The maximum absolute atomic E-state index is 12.4. The van der Waals surface area contributed by atoms with Gasteiger partial charge in [-0.05, 0) is 36.8 Å². The van der Waals surface area contributed by atoms with Gasteiger partial charge < -0.3 is 19.5 Å². The molecule has 0 aromatic heterocycles. The molecule has 0 heterocycles. The summed E-state index contributed by atoms with van der Waals surface area (Å²) in [7, 11) is 1.61. The first-order valence-corrected chi connectivity index (χ1v) is 7.95. The zero-order valence-corrected chi connectivity index (χ0v) is 14.1. The maximum atomic E-state index is 12.4. The van der Waals surface area contributed by atoms with E-state index < -0.39 is 0 Å². The van der Waals surface area contributed by atoms with Gasteiger partial charge in [0.1, 0.15) is 23.9 Å². The first kappa shape index (κ1) is 17.7. The Kier molecular flexibility index (Phi) is 6.49. The number of amides is 1. The van der Waals surface area contributed by atoms with Gasteiger partial charge in [0.25, 0.3) is 0 Å². The van der Waals surface area contributed by atoms with Crippen molar-refractivity contribution in [2.24, 2.45) is 0 Å². The number of methoxy groups -OCH3 is 1. The highest BCUT2D eigenvalue weighted by molar-refractivity contribution is 5.78. The molecular weight excluding hydrogens is 306 g/mol. The normalized spacial score (nSPS) is 10.2. The molecule has 5 nitrogen and oxygen atoms in total. The predicted octanol–water partition coefficient (Wildman–Crippen LogP) is 2.87. The highest BCUT2D eigenvalue weighted by Crippen LogP contribution is 2.18. The fourth-order valence-corrected chi connectivity index (χ4v) is 2.38. The van der Waals surface area contributed by atoms with E-state index in [1.165, 1.54) is 0 Å². The molecule has 1 N–H and O–H groups in total. The van der Waals surface area contributed by atoms with Crippen LogP contribution < -0.4 is 9.47 Å². The highest BCUT2D eigenvalue weighted by Gasteiger charge is 2.12. The van der Waals surface area contributed by atoms with Gasteiger partial charge in [0.15, 0.2) is 0 Å². The summed E-state index contributed by atoms with van der Waals surface area (Å²) in [4.78, 5) is 14.1. The van der Waals surface area contributed by atoms with Crippen molar-refractivity contribution in [3.63, 3.8) is 0 Å². The Bertz CT molecular complexity index is 672. The van der Waals surface area contributed by atoms with Crippen LogP contribution in [-0.4, -0.2) is 42.7 Å². The van der Waals surface area contributed by atoms with Gasteiger partial charge in [-0.3, -0.25) is 4.79 Å². The lowest BCUT2D eigenvalue weighted by Crippen LogP contribution is -2.35. The summed E-state index contributed by atoms with van der Waals surface area (Å²) in [5.74, 6) is 1.63. The SMILES string of the molecule is CCN(CCOc1cccc(OC)c1)C(=O)Cc1cccc(O)c1. The van der Waals surface area contributed by atoms with Crippen LogP contribution in [0.25, 0.3) is 0 Å². The Labute approximate surface area is 142 Å². The van der Waals surface area contributed by atoms with Gasteiger partial charge in [0.2, 0.25) is 5.91 Å². The number of hydrogen-bond acceptors (Lipinski definition) is 4. The average Bonchev–Trinajstić information content (AvgIpc) is 2.59. The topological polar surface area (TPSA) is 59.0 Å². The van der Waals surface area contributed by atoms with Crippen LogP contribution in [0.2, 0.25) is 0 Å². The minimum atomic E-state index is 0.0114. The molecular formula is C19H23NO4. The number of benzene rings is 2. The monoisotopic (exact) mass is 329 g/mol. The summed E-state index contributed by atoms with van der Waals surface area (Å²) < 4.78 is 10.8. The first-order chi connectivity index (χ1) is 11.6. The van der Waals surface area contributed by atoms with Crippen molar-refractivity contribution in [2.45, 2.75) is 13.3 Å². The maximum Gasteiger partial charge on any atom is 0.227 e. The van der Waals surface area contributed by atoms with Crippen LogP contribution in [0.15, 0.2) is 48.5 Å². The van der Waals surface area contributed by atoms with Crippen molar-refractivity contribution in [1.82, 2.24) is 4.90 Å². The Balaban J connectivity index is 1.85. The van der Waals surface area contributed by atoms with Crippen molar-refractivity contribution >= 4 is 5.91 Å². The van der Waals surface area contributed by atoms with Gasteiger partial charge in [-0.1, -0.05) is 18.2 Å². The van der Waals surface area contributed by atoms with Crippen molar-refractivity contribution in [2.75, 3.05) is 26.8 Å². The molecule has 24 heavy (non-hydrogen) atoms. The van der Waals surface area contributed by atoms with Crippen LogP contribution in [0.5, 0.6) is 17.2 Å². The lowest BCUT2D eigenvalue weighted by atomic mass is 10.1. The molecule has 128 valence electrons. The summed E-state index contributed by atoms with van der Waals surface area (Å²) in [5.41, 5.74) is 0.798. The molecule has 0 aliphatic rings. The molecule has 2 aromatic rings. The minimum absolute atomic E-state index is 0.0114. The van der Waals surface area contributed by atoms with Crippen LogP contribution in [0.3, 0.4) is 0 Å². The molecule has 2 aromatic carbocycles. The Morgan fingerprint density at radius 2 is 1.88 bits per heavy atom. The van der Waals surface area contributed by atoms with E-state index in [1.807, 2.05) is 37.3 Å². The number of aromatic hydroxyl groups is 1. The molecule has 0 fully saturated rings. The van der Waals surface area contributed by atoms with Crippen molar-refractivity contribution in [1.29, 1.82) is 0 Å². The zero-order chi connectivity index (χ0) is 17.4. The smallest absolute Gasteiger partial charge is 0.227 e. The van der Waals surface area contributed by atoms with Crippen molar-refractivity contribution < 1.29 is 19.4 Å². The molecule has 5 heteroatoms. The van der Waals surface area contributed by atoms with Gasteiger partial charge >= 0.3 is 0 Å². The van der Waals surface area contributed by atoms with Gasteiger partial charge in [-0.2, -0.15) is 0 Å². The van der Waals surface area contributed by atoms with E-state index in [0.29, 0.717) is 25.4 Å². The molecule has 0 spiro atoms. The summed E-state index contributed by atoms with van der Waals surface area (Å²) in [6, 6.07) is 14.1. The average molecular weight is 329 g/mol. The third-order valence-corrected chi connectivity index (χ3v) is 3.67. The van der Waals surface area contributed by atoms with Crippen molar-refractivity contribution in [3.8, 4) is 17.2 Å². The number of phenols is 1. The second-order valence-electron chi connectivity index (χ2n) is 5.35. The standard InChI is InChI=1S/C19H23NO4/c1-3-20(19(22)13-15-6-4-7-16(21)12-15)10-11-24-18-9-5-8-17(14-18)23-2/h4-9,12,14,21H,3,10-11,13H2,1-2H3. The number of likely N-dealkylation sites (N-methyl/N-ethyl adjacent to an activating group) is 1. The molecule has 1 amide bonds. The summed E-state index contributed by atoms with van der Waals surface area (Å²) in [6.07, 6.45) is 0.265. The number of carbonyl (C=O) groups is 1. The van der Waals surface area contributed by atoms with Crippen LogP contribution in [0.4, 0.5) is 0 Å². The van der Waals surface area contributed by atoms with Gasteiger partial charge in [-0.25, -0.2) is 0 Å².